The SMILES string of the molecule is N#C[S-].N#C[S-].O=C(O)c1ccnc(-c2cc(C(=O)O)cc(-c3cc(C(=O)O)ccn3)n2)c1.[N-]=C=S.[Ru+3]. The Morgan fingerprint density at radius 1 is 0.757 bits per heavy atom. The van der Waals surface area contributed by atoms with Crippen molar-refractivity contribution < 1.29 is 49.2 Å². The summed E-state index contributed by atoms with van der Waals surface area (Å²) in [6.07, 6.45) is 2.55. The normalized spacial score (nSPS) is 8.16. The van der Waals surface area contributed by atoms with Crippen molar-refractivity contribution >= 4 is 60.5 Å². The Morgan fingerprint density at radius 3 is 1.30 bits per heavy atom. The van der Waals surface area contributed by atoms with Gasteiger partial charge in [-0.25, -0.2) is 29.9 Å². The third-order valence-electron chi connectivity index (χ3n) is 3.61. The predicted molar refractivity (Wildman–Crippen MR) is 133 cm³/mol. The number of thiocarbonyl (C=S) groups is 1. The first-order chi connectivity index (χ1) is 17.1. The van der Waals surface area contributed by atoms with Gasteiger partial charge in [-0.05, 0) is 36.4 Å². The number of isothiocyanates is 1. The average molecular weight is 641 g/mol. The number of nitrogens with zero attached hydrogens (tertiary/aromatic N) is 6. The molecule has 16 heteroatoms. The van der Waals surface area contributed by atoms with Gasteiger partial charge in [0.25, 0.3) is 0 Å². The molecule has 0 bridgehead atoms. The summed E-state index contributed by atoms with van der Waals surface area (Å²) < 4.78 is 0. The largest absolute Gasteiger partial charge is 3.00 e. The van der Waals surface area contributed by atoms with Crippen molar-refractivity contribution in [2.45, 2.75) is 0 Å². The van der Waals surface area contributed by atoms with E-state index in [1.54, 1.807) is 0 Å². The van der Waals surface area contributed by atoms with Gasteiger partial charge in [0, 0.05) is 12.4 Å². The summed E-state index contributed by atoms with van der Waals surface area (Å²) in [5.41, 5.74) is 0.374. The first-order valence-corrected chi connectivity index (χ1v) is 10.0. The zero-order valence-electron chi connectivity index (χ0n) is 17.9. The molecule has 0 saturated heterocycles. The zero-order chi connectivity index (χ0) is 27.7. The molecule has 0 atom stereocenters. The summed E-state index contributed by atoms with van der Waals surface area (Å²) in [6.45, 7) is 0. The standard InChI is InChI=1S/C18H11N3O6.2CHNS.CNS.Ru/c22-16(23)9-1-3-19-12(5-9)14-7-11(18(26)27)8-15(21-14)13-6-10(17(24)25)2-4-20-13;3*2-1-3;/h1-8H,(H,22,23)(H,24,25)(H,26,27);2*3H;;/q;;;-1;+3/p-2. The second-order valence-corrected chi connectivity index (χ2v) is 6.22. The third-order valence-corrected chi connectivity index (χ3v) is 3.61. The molecule has 0 aliphatic carbocycles. The van der Waals surface area contributed by atoms with Crippen LogP contribution < -0.4 is 0 Å². The summed E-state index contributed by atoms with van der Waals surface area (Å²) in [4.78, 5) is 46.1. The predicted octanol–water partition coefficient (Wildman–Crippen LogP) is 2.99. The first kappa shape index (κ1) is 34.9. The molecule has 0 aliphatic heterocycles. The maximum atomic E-state index is 11.5. The van der Waals surface area contributed by atoms with Crippen LogP contribution in [0.25, 0.3) is 28.2 Å². The summed E-state index contributed by atoms with van der Waals surface area (Å²) in [6, 6.07) is 7.63. The minimum Gasteiger partial charge on any atom is -0.753 e. The minimum atomic E-state index is -1.23. The number of aromatic nitrogens is 3. The quantitative estimate of drug-likeness (QED) is 0.120. The van der Waals surface area contributed by atoms with Crippen LogP contribution in [0.3, 0.4) is 0 Å². The van der Waals surface area contributed by atoms with Crippen molar-refractivity contribution in [3.05, 3.63) is 70.9 Å². The van der Waals surface area contributed by atoms with Gasteiger partial charge in [0.15, 0.2) is 0 Å². The monoisotopic (exact) mass is 641 g/mol. The number of hydrogen-bond acceptors (Lipinski definition) is 11. The van der Waals surface area contributed by atoms with Crippen molar-refractivity contribution in [1.82, 2.24) is 15.0 Å². The number of carboxylic acid groups (broad SMARTS) is 3. The van der Waals surface area contributed by atoms with Gasteiger partial charge in [0.1, 0.15) is 0 Å². The van der Waals surface area contributed by atoms with Crippen molar-refractivity contribution in [1.29, 1.82) is 10.5 Å². The third kappa shape index (κ3) is 12.3. The van der Waals surface area contributed by atoms with Gasteiger partial charge in [-0.2, -0.15) is 5.16 Å². The number of nitriles is 2. The number of rotatable bonds is 5. The molecule has 12 nitrogen and oxygen atoms in total. The van der Waals surface area contributed by atoms with Gasteiger partial charge in [-0.1, -0.05) is 23.0 Å². The molecule has 3 aromatic rings. The topological polar surface area (TPSA) is 220 Å². The maximum absolute atomic E-state index is 11.5. The Hall–Kier alpha value is -4.30. The van der Waals surface area contributed by atoms with E-state index in [9.17, 15) is 19.5 Å². The molecule has 0 aliphatic rings. The fourth-order valence-corrected chi connectivity index (χ4v) is 2.32. The number of carbonyl (C=O) groups is 3. The molecule has 1 radical (unpaired) electrons. The van der Waals surface area contributed by atoms with E-state index in [1.165, 1.54) is 64.8 Å². The van der Waals surface area contributed by atoms with Crippen LogP contribution in [0.4, 0.5) is 0 Å². The number of carboxylic acids is 3. The van der Waals surface area contributed by atoms with E-state index in [2.05, 4.69) is 52.4 Å². The van der Waals surface area contributed by atoms with E-state index >= 15 is 0 Å². The van der Waals surface area contributed by atoms with Crippen LogP contribution in [0.5, 0.6) is 0 Å². The number of hydrogen-bond donors (Lipinski definition) is 3. The first-order valence-electron chi connectivity index (χ1n) is 8.78. The second kappa shape index (κ2) is 19.0. The molecule has 0 amide bonds. The minimum absolute atomic E-state index is 0. The fraction of sp³-hybridized carbons (Fsp3) is 0. The van der Waals surface area contributed by atoms with Crippen molar-refractivity contribution in [3.63, 3.8) is 0 Å². The van der Waals surface area contributed by atoms with Crippen molar-refractivity contribution in [2.75, 3.05) is 0 Å². The Morgan fingerprint density at radius 2 is 1.03 bits per heavy atom. The van der Waals surface area contributed by atoms with Gasteiger partial charge >= 0.3 is 37.4 Å². The molecule has 0 saturated carbocycles. The van der Waals surface area contributed by atoms with E-state index in [1.807, 2.05) is 0 Å². The van der Waals surface area contributed by atoms with Crippen LogP contribution in [-0.4, -0.2) is 53.3 Å². The number of pyridine rings is 3. The van der Waals surface area contributed by atoms with Crippen LogP contribution in [0.2, 0.25) is 0 Å². The Labute approximate surface area is 238 Å². The molecule has 0 spiro atoms. The van der Waals surface area contributed by atoms with E-state index in [0.717, 1.165) is 0 Å². The van der Waals surface area contributed by atoms with Crippen LogP contribution >= 0.6 is 12.2 Å². The van der Waals surface area contributed by atoms with E-state index < -0.39 is 17.9 Å². The summed E-state index contributed by atoms with van der Waals surface area (Å²) in [5.74, 6) is -3.56. The molecule has 0 aromatic carbocycles. The smallest absolute Gasteiger partial charge is 0.753 e. The Kier molecular flexibility index (Phi) is 17.9. The molecule has 3 rings (SSSR count). The van der Waals surface area contributed by atoms with Gasteiger partial charge < -0.3 is 46.0 Å². The molecular formula is C21H11N6O6RuS3. The molecular weight excluding hydrogens is 630 g/mol. The summed E-state index contributed by atoms with van der Waals surface area (Å²) >= 11 is 11.1. The van der Waals surface area contributed by atoms with Gasteiger partial charge in [-0.15, -0.1) is 0 Å². The van der Waals surface area contributed by atoms with Gasteiger partial charge in [-0.3, -0.25) is 9.97 Å². The van der Waals surface area contributed by atoms with Crippen LogP contribution in [-0.2, 0) is 44.7 Å². The Balaban J connectivity index is 0. The van der Waals surface area contributed by atoms with Gasteiger partial charge in [0.05, 0.1) is 39.5 Å². The molecule has 3 aromatic heterocycles. The van der Waals surface area contributed by atoms with Crippen LogP contribution in [0, 0.1) is 21.3 Å². The Bertz CT molecular complexity index is 1280. The fourth-order valence-electron chi connectivity index (χ4n) is 2.32. The molecule has 3 heterocycles. The molecule has 37 heavy (non-hydrogen) atoms. The van der Waals surface area contributed by atoms with Crippen LogP contribution in [0.15, 0.2) is 48.8 Å². The zero-order valence-corrected chi connectivity index (χ0v) is 22.1. The van der Waals surface area contributed by atoms with Crippen molar-refractivity contribution in [3.8, 4) is 33.6 Å². The molecule has 187 valence electrons. The summed E-state index contributed by atoms with van der Waals surface area (Å²) in [5, 5.41) is 53.0. The maximum Gasteiger partial charge on any atom is 3.00 e. The second-order valence-electron chi connectivity index (χ2n) is 5.68. The average Bonchev–Trinajstić information content (AvgIpc) is 2.85. The number of thiocyanates is 2. The van der Waals surface area contributed by atoms with E-state index in [4.69, 9.17) is 26.1 Å². The van der Waals surface area contributed by atoms with E-state index in [-0.39, 0.29) is 58.9 Å². The molecule has 3 N–H and O–H groups in total. The van der Waals surface area contributed by atoms with Crippen LogP contribution in [0.1, 0.15) is 31.1 Å². The van der Waals surface area contributed by atoms with E-state index in [0.29, 0.717) is 0 Å². The molecule has 0 fully saturated rings. The summed E-state index contributed by atoms with van der Waals surface area (Å²) in [7, 11) is 0. The van der Waals surface area contributed by atoms with Gasteiger partial charge in [0.2, 0.25) is 0 Å². The number of aromatic carboxylic acids is 3. The van der Waals surface area contributed by atoms with Crippen molar-refractivity contribution in [2.24, 2.45) is 0 Å². The molecule has 0 unspecified atom stereocenters.